The first-order valence-corrected chi connectivity index (χ1v) is 10.5. The normalized spacial score (nSPS) is 17.0. The molecule has 0 saturated heterocycles. The third-order valence-electron chi connectivity index (χ3n) is 5.08. The Morgan fingerprint density at radius 1 is 1.26 bits per heavy atom. The molecule has 0 bridgehead atoms. The van der Waals surface area contributed by atoms with E-state index in [0.29, 0.717) is 0 Å². The van der Waals surface area contributed by atoms with E-state index < -0.39 is 0 Å². The van der Waals surface area contributed by atoms with Crippen molar-refractivity contribution in [3.05, 3.63) is 64.1 Å². The predicted molar refractivity (Wildman–Crippen MR) is 110 cm³/mol. The number of urea groups is 1. The van der Waals surface area contributed by atoms with E-state index >= 15 is 0 Å². The highest BCUT2D eigenvalue weighted by molar-refractivity contribution is 7.99. The summed E-state index contributed by atoms with van der Waals surface area (Å²) in [5.74, 6) is 0.837. The number of nitrogens with one attached hydrogen (secondary N) is 2. The van der Waals surface area contributed by atoms with Gasteiger partial charge in [-0.05, 0) is 49.4 Å². The fourth-order valence-corrected chi connectivity index (χ4v) is 4.53. The number of nitrogens with zero attached hydrogens (tertiary/aromatic N) is 1. The largest absolute Gasteiger partial charge is 0.335 e. The molecule has 1 aliphatic rings. The van der Waals surface area contributed by atoms with Crippen molar-refractivity contribution in [2.45, 2.75) is 49.6 Å². The zero-order valence-electron chi connectivity index (χ0n) is 15.9. The molecule has 2 aromatic rings. The number of hydrogen-bond donors (Lipinski definition) is 2. The number of thioether (sulfide) groups is 1. The fourth-order valence-electron chi connectivity index (χ4n) is 3.46. The zero-order valence-corrected chi connectivity index (χ0v) is 16.7. The number of amides is 2. The van der Waals surface area contributed by atoms with E-state index in [9.17, 15) is 9.59 Å². The summed E-state index contributed by atoms with van der Waals surface area (Å²) < 4.78 is 1.70. The molecule has 3 rings (SSSR count). The van der Waals surface area contributed by atoms with Crippen LogP contribution in [0.5, 0.6) is 0 Å². The molecule has 5 nitrogen and oxygen atoms in total. The second kappa shape index (κ2) is 9.13. The van der Waals surface area contributed by atoms with Crippen molar-refractivity contribution in [3.8, 4) is 0 Å². The van der Waals surface area contributed by atoms with Crippen LogP contribution < -0.4 is 16.2 Å². The maximum absolute atomic E-state index is 12.6. The number of rotatable bonds is 6. The Bertz CT molecular complexity index is 835. The molecule has 0 fully saturated rings. The topological polar surface area (TPSA) is 63.1 Å². The summed E-state index contributed by atoms with van der Waals surface area (Å²) in [6.07, 6.45) is 3.63. The van der Waals surface area contributed by atoms with Crippen molar-refractivity contribution in [1.29, 1.82) is 0 Å². The molecule has 0 spiro atoms. The highest BCUT2D eigenvalue weighted by atomic mass is 32.2. The molecular formula is C21H27N3O2S. The van der Waals surface area contributed by atoms with Crippen molar-refractivity contribution >= 4 is 17.8 Å². The van der Waals surface area contributed by atoms with Crippen LogP contribution in [0.15, 0.2) is 52.2 Å². The second-order valence-electron chi connectivity index (χ2n) is 6.92. The van der Waals surface area contributed by atoms with Gasteiger partial charge in [0.15, 0.2) is 0 Å². The number of benzene rings is 1. The number of carbonyl (C=O) groups is 1. The Morgan fingerprint density at radius 3 is 2.78 bits per heavy atom. The molecular weight excluding hydrogens is 358 g/mol. The number of aromatic nitrogens is 1. The van der Waals surface area contributed by atoms with Crippen molar-refractivity contribution in [2.75, 3.05) is 5.75 Å². The molecule has 6 heteroatoms. The summed E-state index contributed by atoms with van der Waals surface area (Å²) in [7, 11) is 1.80. The minimum absolute atomic E-state index is 0.00263. The molecule has 0 radical (unpaired) electrons. The molecule has 2 atom stereocenters. The lowest BCUT2D eigenvalue weighted by Crippen LogP contribution is -2.45. The average Bonchev–Trinajstić information content (AvgIpc) is 2.69. The summed E-state index contributed by atoms with van der Waals surface area (Å²) in [5.41, 5.74) is 2.10. The number of carbonyl (C=O) groups excluding carboxylic acids is 1. The highest BCUT2D eigenvalue weighted by Crippen LogP contribution is 2.28. The molecule has 2 unspecified atom stereocenters. The van der Waals surface area contributed by atoms with Gasteiger partial charge >= 0.3 is 6.03 Å². The van der Waals surface area contributed by atoms with Gasteiger partial charge in [0.2, 0.25) is 5.56 Å². The van der Waals surface area contributed by atoms with Crippen molar-refractivity contribution < 1.29 is 4.79 Å². The van der Waals surface area contributed by atoms with E-state index in [4.69, 9.17) is 0 Å². The maximum atomic E-state index is 12.6. The van der Waals surface area contributed by atoms with E-state index in [1.54, 1.807) is 29.4 Å². The van der Waals surface area contributed by atoms with Gasteiger partial charge < -0.3 is 15.2 Å². The first-order chi connectivity index (χ1) is 13.1. The predicted octanol–water partition coefficient (Wildman–Crippen LogP) is 3.63. The molecule has 1 aromatic heterocycles. The van der Waals surface area contributed by atoms with Gasteiger partial charge in [0, 0.05) is 35.5 Å². The van der Waals surface area contributed by atoms with Crippen molar-refractivity contribution in [2.24, 2.45) is 7.05 Å². The summed E-state index contributed by atoms with van der Waals surface area (Å²) in [6.45, 7) is 2.09. The number of pyridine rings is 1. The SMILES string of the molecule is CCC(CSc1ccccc1)NC(=O)NC1CCCc2c1ccc(=O)n2C. The van der Waals surface area contributed by atoms with E-state index in [1.165, 1.54) is 4.90 Å². The van der Waals surface area contributed by atoms with E-state index in [2.05, 4.69) is 29.7 Å². The number of hydrogen-bond acceptors (Lipinski definition) is 3. The molecule has 27 heavy (non-hydrogen) atoms. The van der Waals surface area contributed by atoms with Crippen molar-refractivity contribution in [3.63, 3.8) is 0 Å². The van der Waals surface area contributed by atoms with Gasteiger partial charge in [-0.3, -0.25) is 4.79 Å². The molecule has 1 aromatic carbocycles. The maximum Gasteiger partial charge on any atom is 0.315 e. The summed E-state index contributed by atoms with van der Waals surface area (Å²) in [6, 6.07) is 13.6. The van der Waals surface area contributed by atoms with E-state index in [1.807, 2.05) is 24.3 Å². The van der Waals surface area contributed by atoms with Crippen LogP contribution in [0, 0.1) is 0 Å². The van der Waals surface area contributed by atoms with Crippen LogP contribution in [0.25, 0.3) is 0 Å². The lowest BCUT2D eigenvalue weighted by molar-refractivity contribution is 0.232. The monoisotopic (exact) mass is 385 g/mol. The summed E-state index contributed by atoms with van der Waals surface area (Å²) >= 11 is 1.75. The van der Waals surface area contributed by atoms with Gasteiger partial charge in [-0.2, -0.15) is 0 Å². The van der Waals surface area contributed by atoms with Crippen LogP contribution >= 0.6 is 11.8 Å². The first-order valence-electron chi connectivity index (χ1n) is 9.52. The highest BCUT2D eigenvalue weighted by Gasteiger charge is 2.24. The Morgan fingerprint density at radius 2 is 2.04 bits per heavy atom. The van der Waals surface area contributed by atoms with Crippen LogP contribution in [0.2, 0.25) is 0 Å². The molecule has 2 N–H and O–H groups in total. The lowest BCUT2D eigenvalue weighted by Gasteiger charge is -2.28. The Labute approximate surface area is 164 Å². The van der Waals surface area contributed by atoms with E-state index in [-0.39, 0.29) is 23.7 Å². The van der Waals surface area contributed by atoms with Gasteiger partial charge in [-0.15, -0.1) is 11.8 Å². The molecule has 0 aliphatic heterocycles. The molecule has 144 valence electrons. The van der Waals surface area contributed by atoms with Gasteiger partial charge in [-0.25, -0.2) is 4.79 Å². The zero-order chi connectivity index (χ0) is 19.2. The Balaban J connectivity index is 1.59. The Hall–Kier alpha value is -2.21. The second-order valence-corrected chi connectivity index (χ2v) is 8.02. The molecule has 2 amide bonds. The molecule has 1 heterocycles. The summed E-state index contributed by atoms with van der Waals surface area (Å²) in [5, 5.41) is 6.21. The van der Waals surface area contributed by atoms with Crippen LogP contribution in [0.3, 0.4) is 0 Å². The van der Waals surface area contributed by atoms with Crippen LogP contribution in [-0.2, 0) is 13.5 Å². The van der Waals surface area contributed by atoms with Crippen molar-refractivity contribution in [1.82, 2.24) is 15.2 Å². The fraction of sp³-hybridized carbons (Fsp3) is 0.429. The molecule has 0 saturated carbocycles. The minimum Gasteiger partial charge on any atom is -0.335 e. The van der Waals surface area contributed by atoms with Gasteiger partial charge in [0.1, 0.15) is 0 Å². The third kappa shape index (κ3) is 4.95. The average molecular weight is 386 g/mol. The standard InChI is InChI=1S/C21H27N3O2S/c1-3-15(14-27-16-8-5-4-6-9-16)22-21(26)23-18-10-7-11-19-17(18)12-13-20(25)24(19)2/h4-6,8-9,12-13,15,18H,3,7,10-11,14H2,1-2H3,(H2,22,23,26). The third-order valence-corrected chi connectivity index (χ3v) is 6.26. The van der Waals surface area contributed by atoms with Gasteiger partial charge in [0.05, 0.1) is 6.04 Å². The smallest absolute Gasteiger partial charge is 0.315 e. The molecule has 1 aliphatic carbocycles. The Kier molecular flexibility index (Phi) is 6.61. The van der Waals surface area contributed by atoms with Gasteiger partial charge in [0.25, 0.3) is 0 Å². The van der Waals surface area contributed by atoms with Crippen LogP contribution in [0.4, 0.5) is 4.79 Å². The van der Waals surface area contributed by atoms with E-state index in [0.717, 1.165) is 42.7 Å². The number of fused-ring (bicyclic) bond motifs is 1. The van der Waals surface area contributed by atoms with Crippen LogP contribution in [0.1, 0.15) is 43.5 Å². The minimum atomic E-state index is -0.137. The lowest BCUT2D eigenvalue weighted by atomic mass is 9.91. The van der Waals surface area contributed by atoms with Crippen LogP contribution in [-0.4, -0.2) is 22.4 Å². The summed E-state index contributed by atoms with van der Waals surface area (Å²) in [4.78, 5) is 25.6. The van der Waals surface area contributed by atoms with Gasteiger partial charge in [-0.1, -0.05) is 25.1 Å². The first kappa shape index (κ1) is 19.5. The quantitative estimate of drug-likeness (QED) is 0.747.